The molecule has 0 aromatic heterocycles. The zero-order chi connectivity index (χ0) is 35.2. The van der Waals surface area contributed by atoms with Crippen molar-refractivity contribution in [3.8, 4) is 0 Å². The number of amides is 1. The summed E-state index contributed by atoms with van der Waals surface area (Å²) in [5.74, 6) is -2.54. The van der Waals surface area contributed by atoms with Gasteiger partial charge >= 0.3 is 17.9 Å². The van der Waals surface area contributed by atoms with Crippen LogP contribution in [0.4, 0.5) is 4.39 Å². The average molecular weight is 667 g/mol. The van der Waals surface area contributed by atoms with E-state index < -0.39 is 23.7 Å². The second-order valence-electron chi connectivity index (χ2n) is 11.2. The van der Waals surface area contributed by atoms with Gasteiger partial charge in [-0.05, 0) is 55.6 Å². The Bertz CT molecular complexity index is 1200. The van der Waals surface area contributed by atoms with E-state index in [1.807, 2.05) is 21.6 Å². The van der Waals surface area contributed by atoms with Gasteiger partial charge in [-0.25, -0.2) is 4.39 Å². The number of hydrazone groups is 2. The maximum Gasteiger partial charge on any atom is 0.317 e. The Morgan fingerprint density at radius 1 is 0.851 bits per heavy atom. The van der Waals surface area contributed by atoms with Crippen LogP contribution in [-0.4, -0.2) is 125 Å². The minimum absolute atomic E-state index is 0.0222. The first-order valence-corrected chi connectivity index (χ1v) is 15.9. The number of nitrogens with one attached hydrogen (secondary N) is 3. The zero-order valence-corrected chi connectivity index (χ0v) is 27.9. The molecule has 0 bridgehead atoms. The summed E-state index contributed by atoms with van der Waals surface area (Å²) in [6, 6.07) is 4.34. The van der Waals surface area contributed by atoms with Gasteiger partial charge in [0, 0.05) is 44.7 Å². The fourth-order valence-electron chi connectivity index (χ4n) is 4.40. The van der Waals surface area contributed by atoms with E-state index in [-0.39, 0.29) is 38.5 Å². The first-order valence-electron chi connectivity index (χ1n) is 15.9. The molecule has 6 N–H and O–H groups in total. The largest absolute Gasteiger partial charge is 0.481 e. The number of amidine groups is 1. The van der Waals surface area contributed by atoms with Gasteiger partial charge in [-0.3, -0.25) is 44.7 Å². The Labute approximate surface area is 275 Å². The van der Waals surface area contributed by atoms with Gasteiger partial charge in [0.2, 0.25) is 5.91 Å². The van der Waals surface area contributed by atoms with Crippen molar-refractivity contribution in [2.24, 2.45) is 16.1 Å². The Balaban J connectivity index is 0.00000204. The van der Waals surface area contributed by atoms with Gasteiger partial charge in [0.1, 0.15) is 12.2 Å². The van der Waals surface area contributed by atoms with Crippen LogP contribution in [-0.2, 0) is 25.7 Å². The lowest BCUT2D eigenvalue weighted by Crippen LogP contribution is -2.46. The number of hydrogen-bond donors (Lipinski definition) is 6. The first-order chi connectivity index (χ1) is 22.4. The van der Waals surface area contributed by atoms with Crippen LogP contribution in [0.1, 0.15) is 64.5 Å². The highest BCUT2D eigenvalue weighted by Crippen LogP contribution is 2.11. The minimum Gasteiger partial charge on any atom is -0.481 e. The molecule has 1 aliphatic rings. The first kappa shape index (κ1) is 40.9. The number of nitrogens with zero attached hydrogens (tertiary/aromatic N) is 5. The molecule has 47 heavy (non-hydrogen) atoms. The topological polar surface area (TPSA) is 200 Å². The van der Waals surface area contributed by atoms with Crippen LogP contribution in [0.2, 0.25) is 0 Å². The number of halogens is 1. The number of carboxylic acids is 3. The van der Waals surface area contributed by atoms with Gasteiger partial charge in [0.25, 0.3) is 0 Å². The fourth-order valence-corrected chi connectivity index (χ4v) is 4.40. The van der Waals surface area contributed by atoms with Crippen molar-refractivity contribution < 1.29 is 38.9 Å². The third-order valence-corrected chi connectivity index (χ3v) is 7.22. The van der Waals surface area contributed by atoms with Crippen molar-refractivity contribution in [1.29, 1.82) is 0 Å². The van der Waals surface area contributed by atoms with E-state index in [1.165, 1.54) is 18.5 Å². The maximum atomic E-state index is 14.3. The van der Waals surface area contributed by atoms with Crippen LogP contribution in [0.15, 0.2) is 28.4 Å². The van der Waals surface area contributed by atoms with E-state index in [9.17, 15) is 33.8 Å². The molecule has 2 rings (SSSR count). The van der Waals surface area contributed by atoms with E-state index >= 15 is 0 Å². The molecule has 0 aliphatic carbocycles. The fraction of sp³-hybridized carbons (Fsp3) is 0.613. The van der Waals surface area contributed by atoms with Crippen LogP contribution in [0, 0.1) is 11.7 Å². The molecule has 0 spiro atoms. The monoisotopic (exact) mass is 666 g/mol. The Hall–Kier alpha value is -4.15. The summed E-state index contributed by atoms with van der Waals surface area (Å²) in [5, 5.41) is 37.1. The second-order valence-corrected chi connectivity index (χ2v) is 11.2. The standard InChI is InChI=1S/C28H45FN8O5.C3H6O2/c1-4-7-35(18-26(39)40)9-11-37(12-10-36(19-27(41)42)8-6-21(3)5-2)17-25(38)30-16-22-13-23(15-24(29)14-22)28-33-31-20-32-34-28;1-2-3(4)5/h13-15,20-21H,4-12,16-19H2,1-3H3,(H,30,38)(H,31,32)(H,33,34)(H,39,40)(H,41,42);2H2,1H3,(H,4,5). The molecular formula is C31H51FN8O7. The van der Waals surface area contributed by atoms with E-state index in [1.54, 1.807) is 13.0 Å². The lowest BCUT2D eigenvalue weighted by Gasteiger charge is -2.29. The molecule has 1 unspecified atom stereocenters. The Morgan fingerprint density at radius 2 is 1.43 bits per heavy atom. The number of carbonyl (C=O) groups excluding carboxylic acids is 1. The quantitative estimate of drug-likeness (QED) is 0.105. The molecule has 1 aliphatic heterocycles. The SMILES string of the molecule is CCC(=O)O.CCCN(CCN(CCN(CCC(C)CC)CC(=O)O)CC(=O)NCc1cc(F)cc(C2=NNC=NN2)c1)CC(=O)O. The van der Waals surface area contributed by atoms with Crippen molar-refractivity contribution >= 4 is 36.0 Å². The van der Waals surface area contributed by atoms with E-state index in [0.717, 1.165) is 19.3 Å². The van der Waals surface area contributed by atoms with E-state index in [4.69, 9.17) is 5.11 Å². The third-order valence-electron chi connectivity index (χ3n) is 7.22. The van der Waals surface area contributed by atoms with Crippen LogP contribution in [0.3, 0.4) is 0 Å². The number of carbonyl (C=O) groups is 4. The van der Waals surface area contributed by atoms with E-state index in [2.05, 4.69) is 40.2 Å². The van der Waals surface area contributed by atoms with Crippen molar-refractivity contribution in [2.75, 3.05) is 58.9 Å². The van der Waals surface area contributed by atoms with Crippen molar-refractivity contribution in [2.45, 2.75) is 59.9 Å². The van der Waals surface area contributed by atoms with Gasteiger partial charge in [0.15, 0.2) is 5.84 Å². The predicted molar refractivity (Wildman–Crippen MR) is 176 cm³/mol. The van der Waals surface area contributed by atoms with Crippen molar-refractivity contribution in [1.82, 2.24) is 30.9 Å². The molecule has 1 aromatic rings. The van der Waals surface area contributed by atoms with Gasteiger partial charge in [-0.1, -0.05) is 34.1 Å². The summed E-state index contributed by atoms with van der Waals surface area (Å²) in [5.41, 5.74) is 6.29. The van der Waals surface area contributed by atoms with Crippen LogP contribution in [0.5, 0.6) is 0 Å². The number of benzene rings is 1. The number of carboxylic acid groups (broad SMARTS) is 3. The average Bonchev–Trinajstić information content (AvgIpc) is 3.03. The van der Waals surface area contributed by atoms with Gasteiger partial charge in [-0.15, -0.1) is 0 Å². The summed E-state index contributed by atoms with van der Waals surface area (Å²) in [6.07, 6.45) is 4.24. The molecule has 16 heteroatoms. The molecule has 1 atom stereocenters. The molecule has 0 radical (unpaired) electrons. The van der Waals surface area contributed by atoms with Crippen LogP contribution >= 0.6 is 0 Å². The second kappa shape index (κ2) is 23.2. The summed E-state index contributed by atoms with van der Waals surface area (Å²) < 4.78 is 14.3. The summed E-state index contributed by atoms with van der Waals surface area (Å²) in [6.45, 7) is 10.7. The predicted octanol–water partition coefficient (Wildman–Crippen LogP) is 1.64. The van der Waals surface area contributed by atoms with Crippen molar-refractivity contribution in [3.05, 3.63) is 35.1 Å². The normalized spacial score (nSPS) is 12.9. The van der Waals surface area contributed by atoms with Gasteiger partial charge < -0.3 is 20.6 Å². The number of aliphatic carboxylic acids is 3. The third kappa shape index (κ3) is 19.2. The molecule has 0 saturated carbocycles. The highest BCUT2D eigenvalue weighted by molar-refractivity contribution is 6.00. The highest BCUT2D eigenvalue weighted by Gasteiger charge is 2.18. The molecule has 1 heterocycles. The zero-order valence-electron chi connectivity index (χ0n) is 27.9. The summed E-state index contributed by atoms with van der Waals surface area (Å²) in [7, 11) is 0. The summed E-state index contributed by atoms with van der Waals surface area (Å²) >= 11 is 0. The Morgan fingerprint density at radius 3 is 1.91 bits per heavy atom. The summed E-state index contributed by atoms with van der Waals surface area (Å²) in [4.78, 5) is 50.7. The smallest absolute Gasteiger partial charge is 0.317 e. The van der Waals surface area contributed by atoms with Crippen LogP contribution < -0.4 is 16.2 Å². The lowest BCUT2D eigenvalue weighted by atomic mass is 10.1. The van der Waals surface area contributed by atoms with Crippen LogP contribution in [0.25, 0.3) is 0 Å². The van der Waals surface area contributed by atoms with Crippen molar-refractivity contribution in [3.63, 3.8) is 0 Å². The maximum absolute atomic E-state index is 14.3. The number of hydrogen-bond acceptors (Lipinski definition) is 11. The molecule has 0 saturated heterocycles. The molecule has 1 aromatic carbocycles. The Kier molecular flexibility index (Phi) is 20.2. The minimum atomic E-state index is -0.920. The molecule has 1 amide bonds. The molecule has 15 nitrogen and oxygen atoms in total. The molecular weight excluding hydrogens is 615 g/mol. The highest BCUT2D eigenvalue weighted by atomic mass is 19.1. The molecule has 264 valence electrons. The lowest BCUT2D eigenvalue weighted by molar-refractivity contribution is -0.139. The van der Waals surface area contributed by atoms with Gasteiger partial charge in [-0.2, -0.15) is 10.2 Å². The van der Waals surface area contributed by atoms with E-state index in [0.29, 0.717) is 62.1 Å². The molecule has 0 fully saturated rings. The number of rotatable bonds is 22. The van der Waals surface area contributed by atoms with Gasteiger partial charge in [0.05, 0.1) is 19.6 Å².